The van der Waals surface area contributed by atoms with Crippen LogP contribution in [0.5, 0.6) is 5.75 Å². The Bertz CT molecular complexity index is 218. The summed E-state index contributed by atoms with van der Waals surface area (Å²) in [5.74, 6) is 1.08. The van der Waals surface area contributed by atoms with Gasteiger partial charge in [-0.15, -0.1) is 0 Å². The second-order valence-corrected chi connectivity index (χ2v) is 3.27. The van der Waals surface area contributed by atoms with Crippen molar-refractivity contribution in [2.75, 3.05) is 6.61 Å². The topological polar surface area (TPSA) is 9.23 Å². The fourth-order valence-corrected chi connectivity index (χ4v) is 1.30. The summed E-state index contributed by atoms with van der Waals surface area (Å²) in [7, 11) is 0. The van der Waals surface area contributed by atoms with E-state index in [1.54, 1.807) is 0 Å². The Kier molecular flexibility index (Phi) is 4.37. The van der Waals surface area contributed by atoms with E-state index in [9.17, 15) is 0 Å². The van der Waals surface area contributed by atoms with Crippen LogP contribution in [0.25, 0.3) is 0 Å². The average Bonchev–Trinajstić information content (AvgIpc) is 2.19. The minimum atomic E-state index is 0.886. The highest BCUT2D eigenvalue weighted by Crippen LogP contribution is 2.22. The van der Waals surface area contributed by atoms with Gasteiger partial charge >= 0.3 is 0 Å². The molecule has 13 heavy (non-hydrogen) atoms. The van der Waals surface area contributed by atoms with Gasteiger partial charge < -0.3 is 4.74 Å². The lowest BCUT2D eigenvalue weighted by Crippen LogP contribution is -2.07. The Labute approximate surface area is 80.7 Å². The first-order valence-corrected chi connectivity index (χ1v) is 5.09. The molecule has 0 amide bonds. The molecule has 0 aliphatic carbocycles. The van der Waals surface area contributed by atoms with Gasteiger partial charge in [0.1, 0.15) is 5.75 Å². The molecule has 1 nitrogen and oxygen atoms in total. The zero-order valence-electron chi connectivity index (χ0n) is 8.55. The maximum absolute atomic E-state index is 5.42. The molecule has 1 aromatic rings. The van der Waals surface area contributed by atoms with Crippen molar-refractivity contribution in [2.45, 2.75) is 33.1 Å². The van der Waals surface area contributed by atoms with Crippen LogP contribution in [0.15, 0.2) is 24.3 Å². The highest BCUT2D eigenvalue weighted by Gasteiger charge is 2.06. The third-order valence-electron chi connectivity index (χ3n) is 1.82. The Morgan fingerprint density at radius 3 is 2.62 bits per heavy atom. The van der Waals surface area contributed by atoms with Crippen molar-refractivity contribution in [3.63, 3.8) is 0 Å². The van der Waals surface area contributed by atoms with E-state index in [4.69, 9.17) is 4.74 Å². The maximum Gasteiger partial charge on any atom is 0.122 e. The first-order chi connectivity index (χ1) is 6.38. The van der Waals surface area contributed by atoms with Gasteiger partial charge in [-0.2, -0.15) is 0 Å². The SMILES string of the molecule is CCC.c1ccc2c(c1)CCCO2. The highest BCUT2D eigenvalue weighted by molar-refractivity contribution is 5.34. The summed E-state index contributed by atoms with van der Waals surface area (Å²) in [6, 6.07) is 8.25. The van der Waals surface area contributed by atoms with Crippen molar-refractivity contribution in [2.24, 2.45) is 0 Å². The predicted octanol–water partition coefficient (Wildman–Crippen LogP) is 3.43. The van der Waals surface area contributed by atoms with Crippen LogP contribution < -0.4 is 4.74 Å². The Balaban J connectivity index is 0.000000251. The fourth-order valence-electron chi connectivity index (χ4n) is 1.30. The first kappa shape index (κ1) is 10.1. The van der Waals surface area contributed by atoms with Crippen LogP contribution in [0.4, 0.5) is 0 Å². The minimum absolute atomic E-state index is 0.886. The van der Waals surface area contributed by atoms with Gasteiger partial charge in [0.05, 0.1) is 6.61 Å². The van der Waals surface area contributed by atoms with Crippen LogP contribution in [0.2, 0.25) is 0 Å². The Hall–Kier alpha value is -0.980. The summed E-state index contributed by atoms with van der Waals surface area (Å²) in [4.78, 5) is 0. The summed E-state index contributed by atoms with van der Waals surface area (Å²) in [5.41, 5.74) is 1.36. The van der Waals surface area contributed by atoms with Gasteiger partial charge in [0.25, 0.3) is 0 Å². The fraction of sp³-hybridized carbons (Fsp3) is 0.500. The molecule has 1 heterocycles. The summed E-state index contributed by atoms with van der Waals surface area (Å²) < 4.78 is 5.42. The van der Waals surface area contributed by atoms with Gasteiger partial charge in [-0.3, -0.25) is 0 Å². The third-order valence-corrected chi connectivity index (χ3v) is 1.82. The quantitative estimate of drug-likeness (QED) is 0.591. The zero-order chi connectivity index (χ0) is 9.52. The van der Waals surface area contributed by atoms with Crippen LogP contribution in [0, 0.1) is 0 Å². The molecule has 0 unspecified atom stereocenters. The molecule has 0 saturated heterocycles. The first-order valence-electron chi connectivity index (χ1n) is 5.09. The van der Waals surface area contributed by atoms with Crippen LogP contribution in [0.1, 0.15) is 32.3 Å². The van der Waals surface area contributed by atoms with Crippen molar-refractivity contribution in [3.8, 4) is 5.75 Å². The van der Waals surface area contributed by atoms with E-state index < -0.39 is 0 Å². The molecule has 0 saturated carbocycles. The van der Waals surface area contributed by atoms with E-state index >= 15 is 0 Å². The molecule has 0 aromatic heterocycles. The summed E-state index contributed by atoms with van der Waals surface area (Å²) in [5, 5.41) is 0. The summed E-state index contributed by atoms with van der Waals surface area (Å²) in [6.45, 7) is 5.14. The van der Waals surface area contributed by atoms with Gasteiger partial charge in [-0.05, 0) is 24.5 Å². The molecule has 0 bridgehead atoms. The second kappa shape index (κ2) is 5.63. The number of benzene rings is 1. The van der Waals surface area contributed by atoms with E-state index in [0.29, 0.717) is 0 Å². The van der Waals surface area contributed by atoms with Crippen molar-refractivity contribution >= 4 is 0 Å². The van der Waals surface area contributed by atoms with Crippen LogP contribution in [-0.4, -0.2) is 6.61 Å². The maximum atomic E-state index is 5.42. The Morgan fingerprint density at radius 1 is 1.23 bits per heavy atom. The van der Waals surface area contributed by atoms with E-state index in [1.807, 2.05) is 12.1 Å². The lowest BCUT2D eigenvalue weighted by atomic mass is 10.1. The standard InChI is InChI=1S/C9H10O.C3H8/c1-2-6-9-8(4-1)5-3-7-10-9;1-3-2/h1-2,4,6H,3,5,7H2;3H2,1-2H3. The van der Waals surface area contributed by atoms with Crippen LogP contribution >= 0.6 is 0 Å². The monoisotopic (exact) mass is 178 g/mol. The lowest BCUT2D eigenvalue weighted by molar-refractivity contribution is 0.288. The number of para-hydroxylation sites is 1. The number of hydrogen-bond acceptors (Lipinski definition) is 1. The summed E-state index contributed by atoms with van der Waals surface area (Å²) in [6.07, 6.45) is 3.59. The summed E-state index contributed by atoms with van der Waals surface area (Å²) >= 11 is 0. The molecule has 0 radical (unpaired) electrons. The van der Waals surface area contributed by atoms with Crippen LogP contribution in [-0.2, 0) is 6.42 Å². The van der Waals surface area contributed by atoms with Gasteiger partial charge in [0, 0.05) is 0 Å². The minimum Gasteiger partial charge on any atom is -0.493 e. The van der Waals surface area contributed by atoms with E-state index in [0.717, 1.165) is 18.8 Å². The molecule has 0 spiro atoms. The van der Waals surface area contributed by atoms with Crippen molar-refractivity contribution < 1.29 is 4.74 Å². The number of rotatable bonds is 0. The molecule has 1 aromatic carbocycles. The normalized spacial score (nSPS) is 13.4. The van der Waals surface area contributed by atoms with Crippen molar-refractivity contribution in [3.05, 3.63) is 29.8 Å². The molecule has 0 fully saturated rings. The van der Waals surface area contributed by atoms with E-state index in [2.05, 4.69) is 26.0 Å². The third kappa shape index (κ3) is 3.10. The molecular formula is C12H18O. The molecule has 1 heteroatoms. The number of fused-ring (bicyclic) bond motifs is 1. The van der Waals surface area contributed by atoms with Gasteiger partial charge in [0.2, 0.25) is 0 Å². The number of ether oxygens (including phenoxy) is 1. The van der Waals surface area contributed by atoms with Gasteiger partial charge in [-0.25, -0.2) is 0 Å². The van der Waals surface area contributed by atoms with Gasteiger partial charge in [0.15, 0.2) is 0 Å². The molecule has 72 valence electrons. The molecule has 0 atom stereocenters. The lowest BCUT2D eigenvalue weighted by Gasteiger charge is -2.15. The van der Waals surface area contributed by atoms with E-state index in [-0.39, 0.29) is 0 Å². The second-order valence-electron chi connectivity index (χ2n) is 3.27. The average molecular weight is 178 g/mol. The highest BCUT2D eigenvalue weighted by atomic mass is 16.5. The van der Waals surface area contributed by atoms with Crippen molar-refractivity contribution in [1.82, 2.24) is 0 Å². The Morgan fingerprint density at radius 2 is 1.92 bits per heavy atom. The number of aryl methyl sites for hydroxylation is 1. The zero-order valence-corrected chi connectivity index (χ0v) is 8.55. The van der Waals surface area contributed by atoms with E-state index in [1.165, 1.54) is 18.4 Å². The largest absolute Gasteiger partial charge is 0.493 e. The smallest absolute Gasteiger partial charge is 0.122 e. The molecule has 1 aliphatic heterocycles. The van der Waals surface area contributed by atoms with Crippen molar-refractivity contribution in [1.29, 1.82) is 0 Å². The molecule has 0 N–H and O–H groups in total. The van der Waals surface area contributed by atoms with Gasteiger partial charge in [-0.1, -0.05) is 38.5 Å². The molecule has 1 aliphatic rings. The number of hydrogen-bond donors (Lipinski definition) is 0. The van der Waals surface area contributed by atoms with Crippen LogP contribution in [0.3, 0.4) is 0 Å². The predicted molar refractivity (Wildman–Crippen MR) is 56.2 cm³/mol. The molecule has 2 rings (SSSR count). The molecular weight excluding hydrogens is 160 g/mol.